The van der Waals surface area contributed by atoms with Gasteiger partial charge < -0.3 is 21.9 Å². The predicted molar refractivity (Wildman–Crippen MR) is 232 cm³/mol. The number of hydrogen-bond acceptors (Lipinski definition) is 9. The largest absolute Gasteiger partial charge is 0.461 e. The van der Waals surface area contributed by atoms with Crippen LogP contribution in [0.2, 0.25) is 0 Å². The minimum absolute atomic E-state index is 0.197. The molecule has 2 aliphatic rings. The second-order valence-corrected chi connectivity index (χ2v) is 15.6. The highest BCUT2D eigenvalue weighted by Gasteiger charge is 2.35. The number of ether oxygens (including phenoxy) is 1. The highest BCUT2D eigenvalue weighted by Crippen LogP contribution is 2.41. The van der Waals surface area contributed by atoms with Crippen LogP contribution in [-0.2, 0) is 15.8 Å². The molecule has 8 aromatic rings. The van der Waals surface area contributed by atoms with Crippen LogP contribution in [0, 0.1) is 0 Å². The zero-order valence-corrected chi connectivity index (χ0v) is 33.3. The van der Waals surface area contributed by atoms with Gasteiger partial charge in [0.2, 0.25) is 0 Å². The van der Waals surface area contributed by atoms with Crippen LogP contribution >= 0.6 is 0 Å². The number of hydrogen-bond donors (Lipinski definition) is 3. The lowest BCUT2D eigenvalue weighted by molar-refractivity contribution is 0.0517. The zero-order chi connectivity index (χ0) is 41.4. The Morgan fingerprint density at radius 1 is 0.567 bits per heavy atom. The third-order valence-corrected chi connectivity index (χ3v) is 11.7. The van der Waals surface area contributed by atoms with Gasteiger partial charge in [-0.1, -0.05) is 109 Å². The lowest BCUT2D eigenvalue weighted by Crippen LogP contribution is -2.43. The Morgan fingerprint density at radius 3 is 1.37 bits per heavy atom. The van der Waals surface area contributed by atoms with Crippen LogP contribution in [0.5, 0.6) is 0 Å². The molecule has 2 fully saturated rings. The average Bonchev–Trinajstić information content (AvgIpc) is 3.84. The van der Waals surface area contributed by atoms with E-state index in [0.29, 0.717) is 17.9 Å². The fourth-order valence-electron chi connectivity index (χ4n) is 8.04. The highest BCUT2D eigenvalue weighted by atomic mass is 16.5. The predicted octanol–water partition coefficient (Wildman–Crippen LogP) is 8.08. The molecule has 300 valence electrons. The van der Waals surface area contributed by atoms with E-state index in [1.807, 2.05) is 60.7 Å². The van der Waals surface area contributed by atoms with Crippen molar-refractivity contribution in [3.8, 4) is 45.0 Å². The van der Waals surface area contributed by atoms with E-state index < -0.39 is 11.9 Å². The summed E-state index contributed by atoms with van der Waals surface area (Å²) in [6, 6.07) is 43.3. The summed E-state index contributed by atoms with van der Waals surface area (Å²) in [5.41, 5.74) is 29.2. The first-order valence-corrected chi connectivity index (χ1v) is 20.3. The van der Waals surface area contributed by atoms with E-state index >= 15 is 0 Å². The van der Waals surface area contributed by atoms with Gasteiger partial charge in [-0.2, -0.15) is 10.2 Å². The van der Waals surface area contributed by atoms with Crippen molar-refractivity contribution in [1.29, 1.82) is 0 Å². The van der Waals surface area contributed by atoms with E-state index in [0.717, 1.165) is 81.8 Å². The molecule has 0 radical (unpaired) electrons. The summed E-state index contributed by atoms with van der Waals surface area (Å²) in [7, 11) is 0. The van der Waals surface area contributed by atoms with Crippen molar-refractivity contribution in [1.82, 2.24) is 29.2 Å². The standard InChI is InChI=1S/C25H24N4O2.C23H21N5O/c1-2-31-24(30)20-13-14-21-27-22(23(29(21)28-20)18-7-4-3-5-8-18)17-9-11-19(12-10-17)25(26)15-6-16-25;24-22(29)18-11-12-19-26-20(21(28(19)27-18)16-5-2-1-3-6-16)15-7-9-17(10-8-15)23(25)13-4-14-23/h3-5,7-14H,2,6,15-16,26H2,1H3;1-3,5-12H,4,13-14,25H2,(H2,24,29). The van der Waals surface area contributed by atoms with Crippen LogP contribution in [0.15, 0.2) is 133 Å². The van der Waals surface area contributed by atoms with E-state index in [1.165, 1.54) is 12.8 Å². The SMILES string of the molecule is CCOC(=O)c1ccc2nc(-c3ccc(C4(N)CCC4)cc3)c(-c3ccccc3)n2n1.NC(=O)c1ccc2nc(-c3ccc(C4(N)CCC4)cc3)c(-c3ccccc3)n2n1. The van der Waals surface area contributed by atoms with E-state index in [4.69, 9.17) is 31.9 Å². The molecule has 2 aliphatic carbocycles. The van der Waals surface area contributed by atoms with Crippen molar-refractivity contribution in [2.75, 3.05) is 6.61 Å². The smallest absolute Gasteiger partial charge is 0.358 e. The third kappa shape index (κ3) is 7.09. The maximum atomic E-state index is 12.2. The number of nitrogens with zero attached hydrogens (tertiary/aromatic N) is 6. The minimum atomic E-state index is -0.570. The van der Waals surface area contributed by atoms with Crippen molar-refractivity contribution in [3.63, 3.8) is 0 Å². The van der Waals surface area contributed by atoms with Crippen molar-refractivity contribution in [3.05, 3.63) is 156 Å². The number of rotatable bonds is 9. The van der Waals surface area contributed by atoms with E-state index in [-0.39, 0.29) is 22.5 Å². The molecule has 4 heterocycles. The Kier molecular flexibility index (Phi) is 10.0. The van der Waals surface area contributed by atoms with Gasteiger partial charge >= 0.3 is 5.97 Å². The second-order valence-electron chi connectivity index (χ2n) is 15.6. The van der Waals surface area contributed by atoms with Gasteiger partial charge in [0.15, 0.2) is 17.0 Å². The molecule has 0 unspecified atom stereocenters. The first kappa shape index (κ1) is 38.5. The number of esters is 1. The fraction of sp³-hybridized carbons (Fsp3) is 0.208. The normalized spacial score (nSPS) is 15.1. The molecule has 12 heteroatoms. The molecule has 12 nitrogen and oxygen atoms in total. The summed E-state index contributed by atoms with van der Waals surface area (Å²) < 4.78 is 8.54. The Morgan fingerprint density at radius 2 is 0.983 bits per heavy atom. The van der Waals surface area contributed by atoms with Gasteiger partial charge in [-0.15, -0.1) is 0 Å². The molecule has 2 saturated carbocycles. The van der Waals surface area contributed by atoms with Crippen LogP contribution in [-0.4, -0.2) is 47.7 Å². The summed E-state index contributed by atoms with van der Waals surface area (Å²) in [4.78, 5) is 33.5. The Balaban J connectivity index is 0.000000154. The molecule has 60 heavy (non-hydrogen) atoms. The number of benzene rings is 4. The molecule has 0 saturated heterocycles. The number of carbonyl (C=O) groups excluding carboxylic acids is 2. The first-order chi connectivity index (χ1) is 29.1. The van der Waals surface area contributed by atoms with Crippen LogP contribution in [0.1, 0.15) is 77.6 Å². The van der Waals surface area contributed by atoms with Gasteiger partial charge in [0.1, 0.15) is 17.1 Å². The molecule has 0 bridgehead atoms. The molecular weight excluding hydrogens is 751 g/mol. The molecule has 4 aromatic carbocycles. The summed E-state index contributed by atoms with van der Waals surface area (Å²) in [5, 5.41) is 8.99. The molecule has 4 aromatic heterocycles. The summed E-state index contributed by atoms with van der Waals surface area (Å²) in [6.45, 7) is 2.08. The molecule has 10 rings (SSSR count). The molecule has 0 atom stereocenters. The van der Waals surface area contributed by atoms with Crippen LogP contribution in [0.4, 0.5) is 0 Å². The van der Waals surface area contributed by atoms with Gasteiger partial charge in [-0.05, 0) is 80.8 Å². The van der Waals surface area contributed by atoms with Gasteiger partial charge in [0, 0.05) is 33.3 Å². The summed E-state index contributed by atoms with van der Waals surface area (Å²) in [6.07, 6.45) is 6.45. The fourth-order valence-corrected chi connectivity index (χ4v) is 8.04. The summed E-state index contributed by atoms with van der Waals surface area (Å²) in [5.74, 6) is -1.02. The maximum absolute atomic E-state index is 12.2. The van der Waals surface area contributed by atoms with Crippen molar-refractivity contribution in [2.45, 2.75) is 56.5 Å². The molecule has 6 N–H and O–H groups in total. The molecule has 0 spiro atoms. The van der Waals surface area contributed by atoms with Gasteiger partial charge in [-0.3, -0.25) is 4.79 Å². The van der Waals surface area contributed by atoms with Gasteiger partial charge in [0.05, 0.1) is 18.0 Å². The highest BCUT2D eigenvalue weighted by molar-refractivity contribution is 5.91. The average molecular weight is 796 g/mol. The van der Waals surface area contributed by atoms with Crippen molar-refractivity contribution >= 4 is 23.2 Å². The quantitative estimate of drug-likeness (QED) is 0.122. The molecule has 0 aliphatic heterocycles. The maximum Gasteiger partial charge on any atom is 0.358 e. The Labute approximate surface area is 347 Å². The first-order valence-electron chi connectivity index (χ1n) is 20.3. The van der Waals surface area contributed by atoms with Crippen molar-refractivity contribution in [2.24, 2.45) is 17.2 Å². The number of fused-ring (bicyclic) bond motifs is 2. The van der Waals surface area contributed by atoms with Crippen molar-refractivity contribution < 1.29 is 14.3 Å². The third-order valence-electron chi connectivity index (χ3n) is 11.7. The summed E-state index contributed by atoms with van der Waals surface area (Å²) >= 11 is 0. The van der Waals surface area contributed by atoms with Crippen LogP contribution in [0.25, 0.3) is 56.3 Å². The Bertz CT molecular complexity index is 2840. The van der Waals surface area contributed by atoms with Crippen LogP contribution in [0.3, 0.4) is 0 Å². The number of aromatic nitrogens is 6. The van der Waals surface area contributed by atoms with E-state index in [1.54, 1.807) is 40.2 Å². The zero-order valence-electron chi connectivity index (χ0n) is 33.3. The minimum Gasteiger partial charge on any atom is -0.461 e. The topological polar surface area (TPSA) is 182 Å². The number of amides is 1. The van der Waals surface area contributed by atoms with Crippen LogP contribution < -0.4 is 17.2 Å². The molecular formula is C48H45N9O3. The van der Waals surface area contributed by atoms with E-state index in [9.17, 15) is 9.59 Å². The monoisotopic (exact) mass is 795 g/mol. The second kappa shape index (κ2) is 15.6. The Hall–Kier alpha value is -7.02. The number of carbonyl (C=O) groups is 2. The van der Waals surface area contributed by atoms with E-state index in [2.05, 4.69) is 58.7 Å². The van der Waals surface area contributed by atoms with Gasteiger partial charge in [0.25, 0.3) is 5.91 Å². The van der Waals surface area contributed by atoms with Gasteiger partial charge in [-0.25, -0.2) is 23.8 Å². The molecule has 1 amide bonds. The lowest BCUT2D eigenvalue weighted by Gasteiger charge is -2.38. The lowest BCUT2D eigenvalue weighted by atomic mass is 9.72. The number of primary amides is 1. The number of nitrogens with two attached hydrogens (primary N) is 3. The number of imidazole rings is 2.